The third-order valence-corrected chi connectivity index (χ3v) is 2.91. The van der Waals surface area contributed by atoms with E-state index in [0.717, 1.165) is 29.4 Å². The fourth-order valence-electron chi connectivity index (χ4n) is 1.96. The highest BCUT2D eigenvalue weighted by Gasteiger charge is 2.12. The van der Waals surface area contributed by atoms with Crippen molar-refractivity contribution < 1.29 is 9.84 Å². The number of nitrogens with one attached hydrogen (secondary N) is 1. The Kier molecular flexibility index (Phi) is 3.24. The van der Waals surface area contributed by atoms with E-state index in [1.807, 2.05) is 26.4 Å². The molecule has 2 aromatic rings. The van der Waals surface area contributed by atoms with Crippen molar-refractivity contribution in [3.05, 3.63) is 23.9 Å². The number of phenols is 1. The van der Waals surface area contributed by atoms with Crippen molar-refractivity contribution in [2.45, 2.75) is 6.42 Å². The predicted octanol–water partition coefficient (Wildman–Crippen LogP) is 1.99. The second-order valence-electron chi connectivity index (χ2n) is 4.41. The minimum atomic E-state index is 0.222. The zero-order chi connectivity index (χ0) is 12.4. The Hall–Kier alpha value is -1.68. The second kappa shape index (κ2) is 4.67. The molecular weight excluding hydrogens is 216 g/mol. The molecular formula is C13H18N2O2. The standard InChI is InChI=1S/C13H18N2O2/c1-15(2)7-6-9-8-14-10-4-5-11(17-3)13(16)12(9)10/h4-5,8,14,16H,6-7H2,1-3H3. The molecule has 0 aliphatic carbocycles. The van der Waals surface area contributed by atoms with Gasteiger partial charge in [-0.2, -0.15) is 0 Å². The lowest BCUT2D eigenvalue weighted by molar-refractivity contribution is 0.376. The highest BCUT2D eigenvalue weighted by atomic mass is 16.5. The van der Waals surface area contributed by atoms with Gasteiger partial charge in [0.1, 0.15) is 0 Å². The van der Waals surface area contributed by atoms with Crippen LogP contribution in [0.15, 0.2) is 18.3 Å². The van der Waals surface area contributed by atoms with E-state index < -0.39 is 0 Å². The molecule has 4 heteroatoms. The first-order valence-corrected chi connectivity index (χ1v) is 5.64. The number of rotatable bonds is 4. The molecule has 0 aliphatic rings. The monoisotopic (exact) mass is 234 g/mol. The second-order valence-corrected chi connectivity index (χ2v) is 4.41. The number of ether oxygens (including phenoxy) is 1. The van der Waals surface area contributed by atoms with Crippen LogP contribution in [0.3, 0.4) is 0 Å². The molecule has 1 aromatic heterocycles. The van der Waals surface area contributed by atoms with Crippen LogP contribution in [0.25, 0.3) is 10.9 Å². The van der Waals surface area contributed by atoms with Gasteiger partial charge >= 0.3 is 0 Å². The van der Waals surface area contributed by atoms with Crippen molar-refractivity contribution in [2.24, 2.45) is 0 Å². The molecule has 4 nitrogen and oxygen atoms in total. The number of aromatic amines is 1. The van der Waals surface area contributed by atoms with Gasteiger partial charge in [-0.1, -0.05) is 0 Å². The molecule has 0 amide bonds. The largest absolute Gasteiger partial charge is 0.504 e. The fraction of sp³-hybridized carbons (Fsp3) is 0.385. The van der Waals surface area contributed by atoms with Gasteiger partial charge in [0, 0.05) is 23.6 Å². The Morgan fingerprint density at radius 3 is 2.76 bits per heavy atom. The topological polar surface area (TPSA) is 48.5 Å². The normalized spacial score (nSPS) is 11.3. The Morgan fingerprint density at radius 1 is 1.35 bits per heavy atom. The van der Waals surface area contributed by atoms with Crippen molar-refractivity contribution in [3.8, 4) is 11.5 Å². The number of aromatic hydroxyl groups is 1. The maximum absolute atomic E-state index is 10.1. The summed E-state index contributed by atoms with van der Waals surface area (Å²) in [6.45, 7) is 0.948. The number of hydrogen-bond acceptors (Lipinski definition) is 3. The van der Waals surface area contributed by atoms with E-state index in [9.17, 15) is 5.11 Å². The van der Waals surface area contributed by atoms with Crippen LogP contribution in [0.4, 0.5) is 0 Å². The summed E-state index contributed by atoms with van der Waals surface area (Å²) >= 11 is 0. The number of methoxy groups -OCH3 is 1. The van der Waals surface area contributed by atoms with E-state index in [1.165, 1.54) is 0 Å². The Balaban J connectivity index is 2.43. The van der Waals surface area contributed by atoms with Crippen molar-refractivity contribution in [3.63, 3.8) is 0 Å². The third-order valence-electron chi connectivity index (χ3n) is 2.91. The predicted molar refractivity (Wildman–Crippen MR) is 68.8 cm³/mol. The summed E-state index contributed by atoms with van der Waals surface area (Å²) in [6.07, 6.45) is 2.85. The summed E-state index contributed by atoms with van der Waals surface area (Å²) in [5.74, 6) is 0.739. The van der Waals surface area contributed by atoms with Crippen LogP contribution in [-0.4, -0.2) is 42.7 Å². The highest BCUT2D eigenvalue weighted by molar-refractivity contribution is 5.91. The van der Waals surface area contributed by atoms with Crippen molar-refractivity contribution in [2.75, 3.05) is 27.7 Å². The third kappa shape index (κ3) is 2.22. The van der Waals surface area contributed by atoms with Gasteiger partial charge < -0.3 is 19.7 Å². The van der Waals surface area contributed by atoms with E-state index in [4.69, 9.17) is 4.74 Å². The number of nitrogens with zero attached hydrogens (tertiary/aromatic N) is 1. The van der Waals surface area contributed by atoms with Gasteiger partial charge in [-0.05, 0) is 38.2 Å². The van der Waals surface area contributed by atoms with Crippen molar-refractivity contribution in [1.82, 2.24) is 9.88 Å². The first kappa shape index (κ1) is 11.8. The van der Waals surface area contributed by atoms with Crippen LogP contribution in [-0.2, 0) is 6.42 Å². The minimum Gasteiger partial charge on any atom is -0.504 e. The summed E-state index contributed by atoms with van der Waals surface area (Å²) in [6, 6.07) is 3.69. The lowest BCUT2D eigenvalue weighted by Gasteiger charge is -2.09. The van der Waals surface area contributed by atoms with Crippen LogP contribution >= 0.6 is 0 Å². The number of phenolic OH excluding ortho intramolecular Hbond substituents is 1. The molecule has 92 valence electrons. The first-order valence-electron chi connectivity index (χ1n) is 5.64. The van der Waals surface area contributed by atoms with E-state index in [-0.39, 0.29) is 5.75 Å². The maximum Gasteiger partial charge on any atom is 0.167 e. The Morgan fingerprint density at radius 2 is 2.12 bits per heavy atom. The molecule has 0 atom stereocenters. The summed E-state index contributed by atoms with van der Waals surface area (Å²) in [7, 11) is 5.64. The quantitative estimate of drug-likeness (QED) is 0.850. The van der Waals surface area contributed by atoms with Crippen molar-refractivity contribution in [1.29, 1.82) is 0 Å². The van der Waals surface area contributed by atoms with Gasteiger partial charge in [-0.25, -0.2) is 0 Å². The summed E-state index contributed by atoms with van der Waals surface area (Å²) in [5, 5.41) is 11.0. The van der Waals surface area contributed by atoms with Gasteiger partial charge in [0.2, 0.25) is 0 Å². The average molecular weight is 234 g/mol. The molecule has 0 spiro atoms. The van der Waals surface area contributed by atoms with Gasteiger partial charge in [-0.3, -0.25) is 0 Å². The zero-order valence-corrected chi connectivity index (χ0v) is 10.4. The van der Waals surface area contributed by atoms with Gasteiger partial charge in [0.05, 0.1) is 7.11 Å². The van der Waals surface area contributed by atoms with Gasteiger partial charge in [0.25, 0.3) is 0 Å². The van der Waals surface area contributed by atoms with Crippen LogP contribution in [0, 0.1) is 0 Å². The molecule has 0 fully saturated rings. The molecule has 1 heterocycles. The molecule has 0 radical (unpaired) electrons. The molecule has 0 saturated carbocycles. The number of likely N-dealkylation sites (N-methyl/N-ethyl adjacent to an activating group) is 1. The fourth-order valence-corrected chi connectivity index (χ4v) is 1.96. The molecule has 0 bridgehead atoms. The van der Waals surface area contributed by atoms with Gasteiger partial charge in [-0.15, -0.1) is 0 Å². The Bertz CT molecular complexity index is 517. The molecule has 2 N–H and O–H groups in total. The van der Waals surface area contributed by atoms with E-state index in [1.54, 1.807) is 13.2 Å². The number of fused-ring (bicyclic) bond motifs is 1. The smallest absolute Gasteiger partial charge is 0.167 e. The van der Waals surface area contributed by atoms with E-state index in [2.05, 4.69) is 9.88 Å². The SMILES string of the molecule is COc1ccc2[nH]cc(CCN(C)C)c2c1O. The lowest BCUT2D eigenvalue weighted by atomic mass is 10.1. The molecule has 1 aromatic carbocycles. The average Bonchev–Trinajstić information content (AvgIpc) is 2.71. The molecule has 0 aliphatic heterocycles. The summed E-state index contributed by atoms with van der Waals surface area (Å²) < 4.78 is 5.13. The van der Waals surface area contributed by atoms with E-state index >= 15 is 0 Å². The minimum absolute atomic E-state index is 0.222. The summed E-state index contributed by atoms with van der Waals surface area (Å²) in [4.78, 5) is 5.29. The number of aromatic nitrogens is 1. The zero-order valence-electron chi connectivity index (χ0n) is 10.4. The number of H-pyrrole nitrogens is 1. The van der Waals surface area contributed by atoms with Gasteiger partial charge in [0.15, 0.2) is 11.5 Å². The maximum atomic E-state index is 10.1. The number of hydrogen-bond donors (Lipinski definition) is 2. The first-order chi connectivity index (χ1) is 8.13. The molecule has 17 heavy (non-hydrogen) atoms. The van der Waals surface area contributed by atoms with Crippen LogP contribution in [0.1, 0.15) is 5.56 Å². The van der Waals surface area contributed by atoms with E-state index in [0.29, 0.717) is 5.75 Å². The molecule has 2 rings (SSSR count). The summed E-state index contributed by atoms with van der Waals surface area (Å²) in [5.41, 5.74) is 2.06. The lowest BCUT2D eigenvalue weighted by Crippen LogP contribution is -2.14. The Labute approximate surface area is 101 Å². The highest BCUT2D eigenvalue weighted by Crippen LogP contribution is 2.36. The van der Waals surface area contributed by atoms with Crippen LogP contribution < -0.4 is 4.74 Å². The van der Waals surface area contributed by atoms with Crippen LogP contribution in [0.5, 0.6) is 11.5 Å². The van der Waals surface area contributed by atoms with Crippen molar-refractivity contribution >= 4 is 10.9 Å². The molecule has 0 saturated heterocycles. The van der Waals surface area contributed by atoms with Crippen LogP contribution in [0.2, 0.25) is 0 Å². The molecule has 0 unspecified atom stereocenters. The number of benzene rings is 1.